The van der Waals surface area contributed by atoms with Gasteiger partial charge in [-0.3, -0.25) is 4.79 Å². The van der Waals surface area contributed by atoms with Gasteiger partial charge in [-0.2, -0.15) is 0 Å². The average molecular weight is 346 g/mol. The van der Waals surface area contributed by atoms with Gasteiger partial charge in [0.25, 0.3) is 5.91 Å². The Labute approximate surface area is 150 Å². The van der Waals surface area contributed by atoms with Gasteiger partial charge in [0.15, 0.2) is 11.5 Å². The Hall–Kier alpha value is -3.34. The third-order valence-corrected chi connectivity index (χ3v) is 4.35. The average Bonchev–Trinajstić information content (AvgIpc) is 3.25. The number of aryl methyl sites for hydroxylation is 2. The zero-order valence-electron chi connectivity index (χ0n) is 14.6. The molecule has 0 aliphatic rings. The Balaban J connectivity index is 1.49. The molecule has 4 aromatic rings. The zero-order chi connectivity index (χ0) is 18.1. The fraction of sp³-hybridized carbons (Fsp3) is 0.143. The van der Waals surface area contributed by atoms with Crippen LogP contribution in [0.15, 0.2) is 63.5 Å². The smallest absolute Gasteiger partial charge is 0.287 e. The summed E-state index contributed by atoms with van der Waals surface area (Å²) in [6.07, 6.45) is 0. The summed E-state index contributed by atoms with van der Waals surface area (Å²) in [6.45, 7) is 4.12. The molecule has 0 fully saturated rings. The number of amides is 1. The van der Waals surface area contributed by atoms with E-state index in [9.17, 15) is 4.79 Å². The zero-order valence-corrected chi connectivity index (χ0v) is 14.6. The summed E-state index contributed by atoms with van der Waals surface area (Å²) in [7, 11) is 0. The first-order chi connectivity index (χ1) is 12.6. The third kappa shape index (κ3) is 2.99. The second kappa shape index (κ2) is 6.52. The summed E-state index contributed by atoms with van der Waals surface area (Å²) >= 11 is 0. The fourth-order valence-corrected chi connectivity index (χ4v) is 2.94. The van der Waals surface area contributed by atoms with E-state index in [-0.39, 0.29) is 12.5 Å². The molecule has 1 N–H and O–H groups in total. The number of fused-ring (bicyclic) bond motifs is 1. The molecule has 1 amide bonds. The predicted molar refractivity (Wildman–Crippen MR) is 98.8 cm³/mol. The molecule has 26 heavy (non-hydrogen) atoms. The first-order valence-corrected chi connectivity index (χ1v) is 8.41. The highest BCUT2D eigenvalue weighted by molar-refractivity contribution is 5.98. The Morgan fingerprint density at radius 1 is 1.08 bits per heavy atom. The molecular weight excluding hydrogens is 328 g/mol. The van der Waals surface area contributed by atoms with Crippen LogP contribution in [-0.4, -0.2) is 11.1 Å². The van der Waals surface area contributed by atoms with Crippen LogP contribution in [0.3, 0.4) is 0 Å². The topological polar surface area (TPSA) is 68.3 Å². The van der Waals surface area contributed by atoms with Gasteiger partial charge in [0.1, 0.15) is 11.3 Å². The van der Waals surface area contributed by atoms with Gasteiger partial charge in [0.05, 0.1) is 6.54 Å². The van der Waals surface area contributed by atoms with Gasteiger partial charge < -0.3 is 14.3 Å². The summed E-state index contributed by atoms with van der Waals surface area (Å²) < 4.78 is 11.1. The van der Waals surface area contributed by atoms with Crippen molar-refractivity contribution < 1.29 is 13.7 Å². The molecule has 0 radical (unpaired) electrons. The molecule has 2 aromatic heterocycles. The molecule has 2 heterocycles. The number of hydrogen-bond acceptors (Lipinski definition) is 4. The van der Waals surface area contributed by atoms with E-state index in [1.807, 2.05) is 68.4 Å². The number of nitrogens with zero attached hydrogens (tertiary/aromatic N) is 1. The van der Waals surface area contributed by atoms with Crippen LogP contribution in [0.2, 0.25) is 0 Å². The maximum atomic E-state index is 12.5. The summed E-state index contributed by atoms with van der Waals surface area (Å²) in [5.41, 5.74) is 4.36. The Morgan fingerprint density at radius 2 is 1.88 bits per heavy atom. The lowest BCUT2D eigenvalue weighted by atomic mass is 10.1. The highest BCUT2D eigenvalue weighted by atomic mass is 16.5. The summed E-state index contributed by atoms with van der Waals surface area (Å²) in [4.78, 5) is 12.5. The summed E-state index contributed by atoms with van der Waals surface area (Å²) in [5, 5.41) is 7.83. The van der Waals surface area contributed by atoms with Crippen molar-refractivity contribution in [2.24, 2.45) is 0 Å². The minimum absolute atomic E-state index is 0.244. The molecule has 4 rings (SSSR count). The lowest BCUT2D eigenvalue weighted by Gasteiger charge is -2.00. The maximum absolute atomic E-state index is 12.5. The van der Waals surface area contributed by atoms with Gasteiger partial charge in [-0.15, -0.1) is 0 Å². The lowest BCUT2D eigenvalue weighted by Crippen LogP contribution is -2.22. The molecule has 0 bridgehead atoms. The molecule has 0 atom stereocenters. The molecular formula is C21H18N2O3. The van der Waals surface area contributed by atoms with Crippen molar-refractivity contribution >= 4 is 16.9 Å². The van der Waals surface area contributed by atoms with Crippen LogP contribution in [0.25, 0.3) is 22.2 Å². The van der Waals surface area contributed by atoms with Crippen molar-refractivity contribution in [1.29, 1.82) is 0 Å². The number of aromatic nitrogens is 1. The highest BCUT2D eigenvalue weighted by Gasteiger charge is 2.18. The van der Waals surface area contributed by atoms with Crippen LogP contribution < -0.4 is 5.32 Å². The van der Waals surface area contributed by atoms with E-state index in [0.29, 0.717) is 11.5 Å². The number of carbonyl (C=O) groups excluding carboxylic acids is 1. The monoisotopic (exact) mass is 346 g/mol. The number of nitrogens with one attached hydrogen (secondary N) is 1. The van der Waals surface area contributed by atoms with Crippen molar-refractivity contribution in [2.75, 3.05) is 0 Å². The Bertz CT molecular complexity index is 1080. The first-order valence-electron chi connectivity index (χ1n) is 8.41. The number of benzene rings is 2. The summed E-state index contributed by atoms with van der Waals surface area (Å²) in [6, 6.07) is 17.5. The number of hydrogen-bond donors (Lipinski definition) is 1. The van der Waals surface area contributed by atoms with Crippen LogP contribution >= 0.6 is 0 Å². The first kappa shape index (κ1) is 16.1. The van der Waals surface area contributed by atoms with Crippen molar-refractivity contribution in [3.05, 3.63) is 77.2 Å². The maximum Gasteiger partial charge on any atom is 0.287 e. The number of carbonyl (C=O) groups is 1. The second-order valence-corrected chi connectivity index (χ2v) is 6.28. The highest BCUT2D eigenvalue weighted by Crippen LogP contribution is 2.26. The summed E-state index contributed by atoms with van der Waals surface area (Å²) in [5.74, 6) is 0.643. The molecule has 0 saturated carbocycles. The Kier molecular flexibility index (Phi) is 4.05. The minimum Gasteiger partial charge on any atom is -0.451 e. The van der Waals surface area contributed by atoms with Gasteiger partial charge in [0.2, 0.25) is 0 Å². The molecule has 2 aromatic carbocycles. The van der Waals surface area contributed by atoms with E-state index in [4.69, 9.17) is 8.94 Å². The number of furan rings is 1. The molecule has 0 unspecified atom stereocenters. The van der Waals surface area contributed by atoms with E-state index in [2.05, 4.69) is 10.5 Å². The van der Waals surface area contributed by atoms with Crippen LogP contribution in [0, 0.1) is 13.8 Å². The van der Waals surface area contributed by atoms with Crippen molar-refractivity contribution in [1.82, 2.24) is 10.5 Å². The molecule has 0 spiro atoms. The van der Waals surface area contributed by atoms with E-state index in [1.54, 1.807) is 0 Å². The minimum atomic E-state index is -0.269. The largest absolute Gasteiger partial charge is 0.451 e. The quantitative estimate of drug-likeness (QED) is 0.585. The van der Waals surface area contributed by atoms with Gasteiger partial charge in [-0.25, -0.2) is 0 Å². The Morgan fingerprint density at radius 3 is 2.69 bits per heavy atom. The number of rotatable bonds is 4. The SMILES string of the molecule is Cc1ccc2c(C)c(C(=O)NCc3cc(-c4ccccc4)no3)oc2c1. The standard InChI is InChI=1S/C21H18N2O3/c1-13-8-9-17-14(2)20(25-19(17)10-13)21(24)22-12-16-11-18(23-26-16)15-6-4-3-5-7-15/h3-11H,12H2,1-2H3,(H,22,24). The van der Waals surface area contributed by atoms with Gasteiger partial charge in [-0.1, -0.05) is 47.6 Å². The van der Waals surface area contributed by atoms with Gasteiger partial charge in [-0.05, 0) is 25.5 Å². The third-order valence-electron chi connectivity index (χ3n) is 4.35. The van der Waals surface area contributed by atoms with E-state index in [0.717, 1.165) is 33.4 Å². The van der Waals surface area contributed by atoms with E-state index >= 15 is 0 Å². The van der Waals surface area contributed by atoms with Crippen molar-refractivity contribution in [3.8, 4) is 11.3 Å². The van der Waals surface area contributed by atoms with Crippen molar-refractivity contribution in [2.45, 2.75) is 20.4 Å². The van der Waals surface area contributed by atoms with E-state index < -0.39 is 0 Å². The second-order valence-electron chi connectivity index (χ2n) is 6.28. The van der Waals surface area contributed by atoms with Crippen LogP contribution in [0.4, 0.5) is 0 Å². The van der Waals surface area contributed by atoms with Crippen molar-refractivity contribution in [3.63, 3.8) is 0 Å². The molecule has 0 aliphatic carbocycles. The van der Waals surface area contributed by atoms with Crippen LogP contribution in [-0.2, 0) is 6.54 Å². The molecule has 0 saturated heterocycles. The normalized spacial score (nSPS) is 11.0. The molecule has 130 valence electrons. The van der Waals surface area contributed by atoms with E-state index in [1.165, 1.54) is 0 Å². The lowest BCUT2D eigenvalue weighted by molar-refractivity contribution is 0.0920. The van der Waals surface area contributed by atoms with Gasteiger partial charge >= 0.3 is 0 Å². The predicted octanol–water partition coefficient (Wildman–Crippen LogP) is 4.63. The molecule has 5 heteroatoms. The van der Waals surface area contributed by atoms with Crippen LogP contribution in [0.5, 0.6) is 0 Å². The molecule has 0 aliphatic heterocycles. The van der Waals surface area contributed by atoms with Crippen LogP contribution in [0.1, 0.15) is 27.4 Å². The fourth-order valence-electron chi connectivity index (χ4n) is 2.94. The molecule has 5 nitrogen and oxygen atoms in total. The van der Waals surface area contributed by atoms with Gasteiger partial charge in [0, 0.05) is 22.6 Å².